The van der Waals surface area contributed by atoms with Crippen molar-refractivity contribution in [3.05, 3.63) is 23.9 Å². The Hall–Kier alpha value is -1.57. The molecule has 1 unspecified atom stereocenters. The van der Waals surface area contributed by atoms with Gasteiger partial charge in [0.1, 0.15) is 5.75 Å². The van der Waals surface area contributed by atoms with Crippen molar-refractivity contribution in [3.63, 3.8) is 0 Å². The summed E-state index contributed by atoms with van der Waals surface area (Å²) in [5.41, 5.74) is 2.05. The zero-order valence-electron chi connectivity index (χ0n) is 20.3. The van der Waals surface area contributed by atoms with Crippen LogP contribution in [0.5, 0.6) is 5.75 Å². The molecule has 33 heavy (non-hydrogen) atoms. The average molecular weight is 470 g/mol. The molecule has 0 bridgehead atoms. The first kappa shape index (κ1) is 23.2. The predicted octanol–water partition coefficient (Wildman–Crippen LogP) is 4.21. The molecule has 1 atom stereocenters. The van der Waals surface area contributed by atoms with Crippen LogP contribution in [-0.4, -0.2) is 89.2 Å². The van der Waals surface area contributed by atoms with Gasteiger partial charge in [-0.2, -0.15) is 11.8 Å². The Balaban J connectivity index is 1.20. The summed E-state index contributed by atoms with van der Waals surface area (Å²) in [5, 5.41) is 1.09. The molecule has 0 saturated carbocycles. The van der Waals surface area contributed by atoms with E-state index in [1.807, 2.05) is 13.0 Å². The highest BCUT2D eigenvalue weighted by atomic mass is 32.2. The summed E-state index contributed by atoms with van der Waals surface area (Å²) >= 11 is 2.12. The molecule has 0 amide bonds. The molecule has 3 saturated heterocycles. The zero-order chi connectivity index (χ0) is 22.6. The fraction of sp³-hybridized carbons (Fsp3) is 0.692. The van der Waals surface area contributed by atoms with E-state index in [1.54, 1.807) is 0 Å². The lowest BCUT2D eigenvalue weighted by Crippen LogP contribution is -2.50. The third-order valence-electron chi connectivity index (χ3n) is 7.71. The zero-order valence-corrected chi connectivity index (χ0v) is 21.2. The first-order valence-corrected chi connectivity index (χ1v) is 14.1. The Kier molecular flexibility index (Phi) is 7.58. The molecule has 1 aromatic heterocycles. The highest BCUT2D eigenvalue weighted by Gasteiger charge is 2.30. The van der Waals surface area contributed by atoms with E-state index in [4.69, 9.17) is 14.7 Å². The molecule has 0 aliphatic carbocycles. The number of hydrogen-bond acceptors (Lipinski definition) is 7. The fourth-order valence-electron chi connectivity index (χ4n) is 5.85. The molecule has 6 nitrogen and oxygen atoms in total. The Morgan fingerprint density at radius 3 is 2.42 bits per heavy atom. The van der Waals surface area contributed by atoms with Crippen LogP contribution in [0.2, 0.25) is 0 Å². The van der Waals surface area contributed by atoms with Gasteiger partial charge >= 0.3 is 0 Å². The molecular weight excluding hydrogens is 430 g/mol. The lowest BCUT2D eigenvalue weighted by molar-refractivity contribution is 0.0844. The summed E-state index contributed by atoms with van der Waals surface area (Å²) in [6.45, 7) is 12.0. The number of nitrogens with zero attached hydrogens (tertiary/aromatic N) is 5. The number of aryl methyl sites for hydroxylation is 1. The number of rotatable bonds is 5. The molecule has 1 aromatic carbocycles. The van der Waals surface area contributed by atoms with Crippen LogP contribution in [0, 0.1) is 6.92 Å². The van der Waals surface area contributed by atoms with Crippen molar-refractivity contribution >= 4 is 28.6 Å². The number of anilines is 1. The van der Waals surface area contributed by atoms with Crippen LogP contribution in [0.25, 0.3) is 10.9 Å². The SMILES string of the molecule is CCOc1ccc2nc(N3CCCC(N4CCC(N5CCSCC5)CC4)CC3)nc(C)c2c1. The largest absolute Gasteiger partial charge is 0.494 e. The van der Waals surface area contributed by atoms with E-state index >= 15 is 0 Å². The van der Waals surface area contributed by atoms with Gasteiger partial charge in [0.05, 0.1) is 17.8 Å². The molecule has 3 fully saturated rings. The topological polar surface area (TPSA) is 44.7 Å². The van der Waals surface area contributed by atoms with Gasteiger partial charge in [0.25, 0.3) is 0 Å². The van der Waals surface area contributed by atoms with Crippen molar-refractivity contribution in [1.82, 2.24) is 19.8 Å². The molecule has 0 N–H and O–H groups in total. The van der Waals surface area contributed by atoms with E-state index in [2.05, 4.69) is 45.5 Å². The van der Waals surface area contributed by atoms with E-state index in [0.29, 0.717) is 12.6 Å². The third-order valence-corrected chi connectivity index (χ3v) is 8.66. The molecule has 2 aromatic rings. The maximum Gasteiger partial charge on any atom is 0.226 e. The normalized spacial score (nSPS) is 24.2. The second-order valence-corrected chi connectivity index (χ2v) is 10.9. The fourth-order valence-corrected chi connectivity index (χ4v) is 6.78. The first-order valence-electron chi connectivity index (χ1n) is 12.9. The molecule has 4 heterocycles. The smallest absolute Gasteiger partial charge is 0.226 e. The van der Waals surface area contributed by atoms with Crippen molar-refractivity contribution in [2.24, 2.45) is 0 Å². The summed E-state index contributed by atoms with van der Waals surface area (Å²) in [4.78, 5) is 17.8. The Morgan fingerprint density at radius 2 is 1.64 bits per heavy atom. The molecule has 3 aliphatic rings. The highest BCUT2D eigenvalue weighted by Crippen LogP contribution is 2.28. The van der Waals surface area contributed by atoms with E-state index in [0.717, 1.165) is 47.4 Å². The molecule has 7 heteroatoms. The predicted molar refractivity (Wildman–Crippen MR) is 139 cm³/mol. The van der Waals surface area contributed by atoms with Gasteiger partial charge in [-0.3, -0.25) is 4.90 Å². The lowest BCUT2D eigenvalue weighted by atomic mass is 9.98. The van der Waals surface area contributed by atoms with E-state index in [1.165, 1.54) is 69.8 Å². The number of piperidine rings is 1. The van der Waals surface area contributed by atoms with Crippen LogP contribution in [0.4, 0.5) is 5.95 Å². The van der Waals surface area contributed by atoms with Crippen LogP contribution in [0.15, 0.2) is 18.2 Å². The number of thioether (sulfide) groups is 1. The molecule has 0 spiro atoms. The standard InChI is InChI=1S/C26H39N5OS/c1-3-32-23-6-7-25-24(19-23)20(2)27-26(28-25)31-11-4-5-21(10-14-31)29-12-8-22(9-13-29)30-15-17-33-18-16-30/h6-7,19,21-22H,3-5,8-18H2,1-2H3. The molecule has 180 valence electrons. The first-order chi connectivity index (χ1) is 16.2. The van der Waals surface area contributed by atoms with Crippen molar-refractivity contribution in [1.29, 1.82) is 0 Å². The number of benzene rings is 1. The number of hydrogen-bond donors (Lipinski definition) is 0. The summed E-state index contributed by atoms with van der Waals surface area (Å²) in [7, 11) is 0. The monoisotopic (exact) mass is 469 g/mol. The maximum atomic E-state index is 5.67. The Morgan fingerprint density at radius 1 is 0.909 bits per heavy atom. The minimum absolute atomic E-state index is 0.674. The van der Waals surface area contributed by atoms with Gasteiger partial charge in [0.15, 0.2) is 0 Å². The lowest BCUT2D eigenvalue weighted by Gasteiger charge is -2.42. The van der Waals surface area contributed by atoms with Gasteiger partial charge < -0.3 is 14.5 Å². The molecule has 3 aliphatic heterocycles. The summed E-state index contributed by atoms with van der Waals surface area (Å²) < 4.78 is 5.67. The minimum atomic E-state index is 0.674. The quantitative estimate of drug-likeness (QED) is 0.650. The van der Waals surface area contributed by atoms with Crippen LogP contribution < -0.4 is 9.64 Å². The molecule has 0 radical (unpaired) electrons. The van der Waals surface area contributed by atoms with Crippen LogP contribution in [-0.2, 0) is 0 Å². The average Bonchev–Trinajstić information content (AvgIpc) is 3.12. The molecule has 5 rings (SSSR count). The third kappa shape index (κ3) is 5.41. The minimum Gasteiger partial charge on any atom is -0.494 e. The van der Waals surface area contributed by atoms with Gasteiger partial charge in [-0.25, -0.2) is 9.97 Å². The highest BCUT2D eigenvalue weighted by molar-refractivity contribution is 7.99. The van der Waals surface area contributed by atoms with Crippen LogP contribution in [0.1, 0.15) is 44.7 Å². The van der Waals surface area contributed by atoms with Gasteiger partial charge in [-0.15, -0.1) is 0 Å². The van der Waals surface area contributed by atoms with E-state index < -0.39 is 0 Å². The van der Waals surface area contributed by atoms with Crippen LogP contribution in [0.3, 0.4) is 0 Å². The van der Waals surface area contributed by atoms with Crippen molar-refractivity contribution in [3.8, 4) is 5.75 Å². The number of aromatic nitrogens is 2. The number of likely N-dealkylation sites (tertiary alicyclic amines) is 1. The number of ether oxygens (including phenoxy) is 1. The summed E-state index contributed by atoms with van der Waals surface area (Å²) in [5.74, 6) is 4.43. The second kappa shape index (κ2) is 10.8. The van der Waals surface area contributed by atoms with Gasteiger partial charge in [-0.1, -0.05) is 0 Å². The van der Waals surface area contributed by atoms with Crippen molar-refractivity contribution in [2.75, 3.05) is 62.3 Å². The van der Waals surface area contributed by atoms with Crippen molar-refractivity contribution in [2.45, 2.75) is 58.0 Å². The van der Waals surface area contributed by atoms with Gasteiger partial charge in [-0.05, 0) is 77.2 Å². The van der Waals surface area contributed by atoms with E-state index in [9.17, 15) is 0 Å². The Labute approximate surface area is 203 Å². The summed E-state index contributed by atoms with van der Waals surface area (Å²) in [6.07, 6.45) is 6.43. The van der Waals surface area contributed by atoms with Gasteiger partial charge in [0.2, 0.25) is 5.95 Å². The van der Waals surface area contributed by atoms with Crippen molar-refractivity contribution < 1.29 is 4.74 Å². The van der Waals surface area contributed by atoms with Gasteiger partial charge in [0, 0.05) is 55.2 Å². The maximum absolute atomic E-state index is 5.67. The number of fused-ring (bicyclic) bond motifs is 1. The Bertz CT molecular complexity index is 926. The van der Waals surface area contributed by atoms with Crippen LogP contribution >= 0.6 is 11.8 Å². The van der Waals surface area contributed by atoms with E-state index in [-0.39, 0.29) is 0 Å². The second-order valence-electron chi connectivity index (χ2n) is 9.71. The molecular formula is C26H39N5OS. The summed E-state index contributed by atoms with van der Waals surface area (Å²) in [6, 6.07) is 7.70.